The van der Waals surface area contributed by atoms with E-state index < -0.39 is 112 Å². The Kier molecular flexibility index (Phi) is 11.7. The lowest BCUT2D eigenvalue weighted by molar-refractivity contribution is -0.379. The molecule has 0 amide bonds. The van der Waals surface area contributed by atoms with Gasteiger partial charge in [-0.05, 0) is 0 Å². The first-order valence-corrected chi connectivity index (χ1v) is 12.3. The third kappa shape index (κ3) is 6.72. The van der Waals surface area contributed by atoms with E-state index >= 15 is 0 Å². The predicted octanol–water partition coefficient (Wildman–Crippen LogP) is -6.62. The monoisotopic (exact) mass is 564 g/mol. The van der Waals surface area contributed by atoms with Gasteiger partial charge >= 0.3 is 0 Å². The number of hydrogen-bond acceptors (Lipinski definition) is 17. The topological polar surface area (TPSA) is 258 Å². The summed E-state index contributed by atoms with van der Waals surface area (Å²) in [7, 11) is 0. The molecule has 10 N–H and O–H groups in total. The van der Waals surface area contributed by atoms with Crippen molar-refractivity contribution < 1.29 is 79.5 Å². The Balaban J connectivity index is 1.70. The van der Waals surface area contributed by atoms with Crippen LogP contribution in [0.25, 0.3) is 0 Å². The molecule has 3 rings (SSSR count). The molecule has 218 valence electrons. The van der Waals surface area contributed by atoms with Gasteiger partial charge in [0.2, 0.25) is 0 Å². The molecule has 0 radical (unpaired) electrons. The Hall–Kier alpha value is -0.290. The molecule has 3 aliphatic rings. The highest BCUT2D eigenvalue weighted by Crippen LogP contribution is 2.32. The molecule has 0 aromatic heterocycles. The fourth-order valence-corrected chi connectivity index (χ4v) is 4.46. The van der Waals surface area contributed by atoms with Crippen molar-refractivity contribution in [1.29, 1.82) is 0 Å². The highest BCUT2D eigenvalue weighted by molar-refractivity contribution is 7.80. The van der Waals surface area contributed by atoms with Crippen LogP contribution in [0.3, 0.4) is 0 Å². The van der Waals surface area contributed by atoms with Gasteiger partial charge in [-0.25, -0.2) is 0 Å². The molecule has 3 aliphatic heterocycles. The van der Waals surface area contributed by atoms with E-state index in [9.17, 15) is 51.1 Å². The predicted molar refractivity (Wildman–Crippen MR) is 119 cm³/mol. The fourth-order valence-electron chi connectivity index (χ4n) is 4.35. The average Bonchev–Trinajstić information content (AvgIpc) is 2.90. The van der Waals surface area contributed by atoms with Gasteiger partial charge in [0.05, 0.1) is 26.4 Å². The van der Waals surface area contributed by atoms with E-state index in [0.717, 1.165) is 0 Å². The molecule has 0 bridgehead atoms. The summed E-state index contributed by atoms with van der Waals surface area (Å²) in [5, 5.41) is 101. The van der Waals surface area contributed by atoms with Crippen molar-refractivity contribution in [3.63, 3.8) is 0 Å². The van der Waals surface area contributed by atoms with Crippen molar-refractivity contribution >= 4 is 12.6 Å². The molecule has 3 saturated heterocycles. The van der Waals surface area contributed by atoms with Crippen molar-refractivity contribution in [2.75, 3.05) is 32.2 Å². The van der Waals surface area contributed by atoms with Crippen LogP contribution in [0.1, 0.15) is 0 Å². The van der Waals surface area contributed by atoms with Gasteiger partial charge < -0.3 is 79.5 Å². The van der Waals surface area contributed by atoms with Gasteiger partial charge in [-0.2, -0.15) is 12.6 Å². The average molecular weight is 565 g/mol. The molecule has 17 heteroatoms. The maximum Gasteiger partial charge on any atom is 0.187 e. The van der Waals surface area contributed by atoms with Gasteiger partial charge in [0.1, 0.15) is 73.2 Å². The smallest absolute Gasteiger partial charge is 0.187 e. The minimum Gasteiger partial charge on any atom is -0.394 e. The molecule has 16 nitrogen and oxygen atoms in total. The van der Waals surface area contributed by atoms with E-state index in [2.05, 4.69) is 12.6 Å². The number of thiol groups is 1. The van der Waals surface area contributed by atoms with E-state index in [0.29, 0.717) is 5.75 Å². The number of aliphatic hydroxyl groups is 10. The van der Waals surface area contributed by atoms with Gasteiger partial charge in [-0.1, -0.05) is 0 Å². The maximum atomic E-state index is 10.7. The van der Waals surface area contributed by atoms with Crippen molar-refractivity contribution in [3.8, 4) is 0 Å². The van der Waals surface area contributed by atoms with Crippen LogP contribution >= 0.6 is 12.6 Å². The van der Waals surface area contributed by atoms with Crippen LogP contribution in [0.2, 0.25) is 0 Å². The Morgan fingerprint density at radius 2 is 0.919 bits per heavy atom. The minimum atomic E-state index is -1.89. The van der Waals surface area contributed by atoms with Crippen LogP contribution in [-0.4, -0.2) is 175 Å². The number of rotatable bonds is 10. The van der Waals surface area contributed by atoms with Crippen LogP contribution in [0.15, 0.2) is 0 Å². The van der Waals surface area contributed by atoms with Crippen LogP contribution < -0.4 is 0 Å². The first-order chi connectivity index (χ1) is 17.6. The Morgan fingerprint density at radius 1 is 0.514 bits per heavy atom. The first kappa shape index (κ1) is 31.2. The zero-order valence-corrected chi connectivity index (χ0v) is 20.5. The Bertz CT molecular complexity index is 687. The quantitative estimate of drug-likeness (QED) is 0.110. The summed E-state index contributed by atoms with van der Waals surface area (Å²) in [6.07, 6.45) is -24.0. The molecule has 0 aliphatic carbocycles. The molecule has 0 aromatic rings. The second-order valence-electron chi connectivity index (χ2n) is 8.91. The largest absolute Gasteiger partial charge is 0.394 e. The normalized spacial score (nSPS) is 49.2. The van der Waals surface area contributed by atoms with Crippen LogP contribution in [0, 0.1) is 0 Å². The van der Waals surface area contributed by atoms with Crippen molar-refractivity contribution in [2.45, 2.75) is 92.1 Å². The molecule has 0 aromatic carbocycles. The number of aliphatic hydroxyl groups excluding tert-OH is 10. The fraction of sp³-hybridized carbons (Fsp3) is 1.00. The van der Waals surface area contributed by atoms with Gasteiger partial charge in [0.15, 0.2) is 18.9 Å². The van der Waals surface area contributed by atoms with E-state index in [-0.39, 0.29) is 6.61 Å². The summed E-state index contributed by atoms with van der Waals surface area (Å²) in [6, 6.07) is 0. The molecule has 0 spiro atoms. The third-order valence-electron chi connectivity index (χ3n) is 6.45. The van der Waals surface area contributed by atoms with E-state index in [1.54, 1.807) is 0 Å². The maximum absolute atomic E-state index is 10.7. The van der Waals surface area contributed by atoms with Crippen LogP contribution in [0.4, 0.5) is 0 Å². The zero-order valence-electron chi connectivity index (χ0n) is 19.6. The van der Waals surface area contributed by atoms with Crippen molar-refractivity contribution in [3.05, 3.63) is 0 Å². The molecular formula is C20H36O16S. The lowest BCUT2D eigenvalue weighted by atomic mass is 9.96. The molecule has 0 saturated carbocycles. The van der Waals surface area contributed by atoms with Gasteiger partial charge in [-0.15, -0.1) is 0 Å². The second-order valence-corrected chi connectivity index (χ2v) is 9.35. The second kappa shape index (κ2) is 13.9. The highest BCUT2D eigenvalue weighted by atomic mass is 32.1. The van der Waals surface area contributed by atoms with Crippen LogP contribution in [0.5, 0.6) is 0 Å². The van der Waals surface area contributed by atoms with Crippen LogP contribution in [-0.2, 0) is 28.4 Å². The molecule has 0 unspecified atom stereocenters. The highest BCUT2D eigenvalue weighted by Gasteiger charge is 2.53. The lowest BCUT2D eigenvalue weighted by Gasteiger charge is -2.48. The number of hydrogen-bond donors (Lipinski definition) is 11. The van der Waals surface area contributed by atoms with E-state index in [1.165, 1.54) is 0 Å². The van der Waals surface area contributed by atoms with Crippen molar-refractivity contribution in [2.24, 2.45) is 0 Å². The molecule has 37 heavy (non-hydrogen) atoms. The van der Waals surface area contributed by atoms with Crippen molar-refractivity contribution in [1.82, 2.24) is 0 Å². The summed E-state index contributed by atoms with van der Waals surface area (Å²) in [5.74, 6) is 0.293. The zero-order chi connectivity index (χ0) is 27.4. The van der Waals surface area contributed by atoms with E-state index in [4.69, 9.17) is 28.4 Å². The summed E-state index contributed by atoms with van der Waals surface area (Å²) >= 11 is 3.98. The Morgan fingerprint density at radius 3 is 1.38 bits per heavy atom. The SMILES string of the molecule is OC[C@H]1O[C@H](O[C@H]2[C@H](O)[C@@H](O)[C@@H](O[C@H]3[C@H](O)[C@@H](O)[C@@H](OCCS)O[C@@H]3CO)O[C@@H]2CO)[C@H](O)[C@@H](O)[C@@H]1O. The molecule has 3 fully saturated rings. The standard InChI is InChI=1S/C20H36O16S/c21-3-6-9(24)10(25)13(28)19(32-6)35-17-8(5-23)34-20(15(30)12(17)27)36-16-7(4-22)33-18(31-1-2-37)14(29)11(16)26/h6-30,37H,1-5H2/t6-,7-,8-,9-,10+,11-,12-,13-,14-,15-,16-,17-,18+,19-,20-/m1/s1. The summed E-state index contributed by atoms with van der Waals surface area (Å²) in [4.78, 5) is 0. The van der Waals surface area contributed by atoms with Gasteiger partial charge in [0, 0.05) is 5.75 Å². The van der Waals surface area contributed by atoms with Gasteiger partial charge in [0.25, 0.3) is 0 Å². The minimum absolute atomic E-state index is 0.0753. The summed E-state index contributed by atoms with van der Waals surface area (Å²) < 4.78 is 32.5. The molecule has 3 heterocycles. The Labute approximate surface area is 216 Å². The first-order valence-electron chi connectivity index (χ1n) is 11.7. The van der Waals surface area contributed by atoms with Gasteiger partial charge in [-0.3, -0.25) is 0 Å². The number of ether oxygens (including phenoxy) is 6. The summed E-state index contributed by atoms with van der Waals surface area (Å²) in [6.45, 7) is -2.15. The van der Waals surface area contributed by atoms with E-state index in [1.807, 2.05) is 0 Å². The molecule has 15 atom stereocenters. The third-order valence-corrected chi connectivity index (χ3v) is 6.63. The molecular weight excluding hydrogens is 528 g/mol. The lowest BCUT2D eigenvalue weighted by Crippen LogP contribution is -2.66. The summed E-state index contributed by atoms with van der Waals surface area (Å²) in [5.41, 5.74) is 0.